The standard InChI is InChI=1S/C19H25FN4.HI/c1-22-18(23-13-16-6-5-15(12-21)11-17(16)20)24-10-9-19(14-24)7-3-2-4-8-19;/h5-6,11H,2-4,7-10,13-14H2,1H3,(H,22,23);1H. The number of aliphatic imine (C=N–C) groups is 1. The summed E-state index contributed by atoms with van der Waals surface area (Å²) in [6, 6.07) is 6.56. The van der Waals surface area contributed by atoms with Crippen molar-refractivity contribution in [2.45, 2.75) is 45.1 Å². The molecule has 0 unspecified atom stereocenters. The van der Waals surface area contributed by atoms with Crippen molar-refractivity contribution >= 4 is 29.9 Å². The molecule has 4 nitrogen and oxygen atoms in total. The van der Waals surface area contributed by atoms with E-state index in [0.29, 0.717) is 23.1 Å². The van der Waals surface area contributed by atoms with E-state index in [-0.39, 0.29) is 29.8 Å². The first kappa shape index (κ1) is 20.0. The second-order valence-electron chi connectivity index (χ2n) is 7.05. The van der Waals surface area contributed by atoms with Gasteiger partial charge in [-0.1, -0.05) is 25.3 Å². The van der Waals surface area contributed by atoms with E-state index in [1.165, 1.54) is 44.6 Å². The molecule has 1 aliphatic carbocycles. The Labute approximate surface area is 166 Å². The summed E-state index contributed by atoms with van der Waals surface area (Å²) in [6.45, 7) is 2.46. The minimum absolute atomic E-state index is 0. The molecule has 6 heteroatoms. The minimum Gasteiger partial charge on any atom is -0.352 e. The lowest BCUT2D eigenvalue weighted by Crippen LogP contribution is -2.41. The lowest BCUT2D eigenvalue weighted by Gasteiger charge is -2.33. The van der Waals surface area contributed by atoms with Gasteiger partial charge in [0.15, 0.2) is 5.96 Å². The zero-order chi connectivity index (χ0) is 17.0. The van der Waals surface area contributed by atoms with Gasteiger partial charge < -0.3 is 10.2 Å². The summed E-state index contributed by atoms with van der Waals surface area (Å²) >= 11 is 0. The predicted molar refractivity (Wildman–Crippen MR) is 108 cm³/mol. The number of rotatable bonds is 2. The van der Waals surface area contributed by atoms with Crippen LogP contribution in [0, 0.1) is 22.6 Å². The van der Waals surface area contributed by atoms with Gasteiger partial charge in [0.2, 0.25) is 0 Å². The van der Waals surface area contributed by atoms with E-state index in [1.54, 1.807) is 19.2 Å². The van der Waals surface area contributed by atoms with Gasteiger partial charge in [0.05, 0.1) is 11.6 Å². The first-order valence-electron chi connectivity index (χ1n) is 8.80. The predicted octanol–water partition coefficient (Wildman–Crippen LogP) is 4.05. The Hall–Kier alpha value is -1.36. The summed E-state index contributed by atoms with van der Waals surface area (Å²) in [6.07, 6.45) is 7.94. The molecule has 1 N–H and O–H groups in total. The van der Waals surface area contributed by atoms with Crippen LogP contribution in [0.3, 0.4) is 0 Å². The van der Waals surface area contributed by atoms with Gasteiger partial charge in [-0.25, -0.2) is 4.39 Å². The average molecular weight is 456 g/mol. The molecule has 1 heterocycles. The SMILES string of the molecule is CN=C(NCc1ccc(C#N)cc1F)N1CCC2(CCCCC2)C1.I. The highest BCUT2D eigenvalue weighted by molar-refractivity contribution is 14.0. The van der Waals surface area contributed by atoms with E-state index in [4.69, 9.17) is 5.26 Å². The number of hydrogen-bond acceptors (Lipinski definition) is 2. The maximum atomic E-state index is 14.0. The molecule has 1 saturated heterocycles. The van der Waals surface area contributed by atoms with E-state index in [9.17, 15) is 4.39 Å². The van der Waals surface area contributed by atoms with Crippen LogP contribution in [0.2, 0.25) is 0 Å². The van der Waals surface area contributed by atoms with Gasteiger partial charge in [-0.15, -0.1) is 24.0 Å². The second kappa shape index (κ2) is 8.84. The van der Waals surface area contributed by atoms with Crippen LogP contribution >= 0.6 is 24.0 Å². The Morgan fingerprint density at radius 1 is 1.32 bits per heavy atom. The van der Waals surface area contributed by atoms with Crippen LogP contribution in [-0.4, -0.2) is 31.0 Å². The largest absolute Gasteiger partial charge is 0.352 e. The topological polar surface area (TPSA) is 51.4 Å². The fourth-order valence-electron chi connectivity index (χ4n) is 4.09. The van der Waals surface area contributed by atoms with Crippen LogP contribution in [0.1, 0.15) is 49.7 Å². The number of nitrogens with one attached hydrogen (secondary N) is 1. The van der Waals surface area contributed by atoms with Crippen molar-refractivity contribution in [2.75, 3.05) is 20.1 Å². The fourth-order valence-corrected chi connectivity index (χ4v) is 4.09. The zero-order valence-electron chi connectivity index (χ0n) is 14.7. The summed E-state index contributed by atoms with van der Waals surface area (Å²) in [5, 5.41) is 12.1. The van der Waals surface area contributed by atoms with Crippen molar-refractivity contribution < 1.29 is 4.39 Å². The molecule has 25 heavy (non-hydrogen) atoms. The Kier molecular flexibility index (Phi) is 7.05. The smallest absolute Gasteiger partial charge is 0.193 e. The highest BCUT2D eigenvalue weighted by atomic mass is 127. The molecule has 0 amide bonds. The van der Waals surface area contributed by atoms with E-state index in [2.05, 4.69) is 15.2 Å². The maximum Gasteiger partial charge on any atom is 0.193 e. The highest BCUT2D eigenvalue weighted by Gasteiger charge is 2.39. The molecule has 136 valence electrons. The van der Waals surface area contributed by atoms with Gasteiger partial charge in [-0.2, -0.15) is 5.26 Å². The monoisotopic (exact) mass is 456 g/mol. The number of nitrogens with zero attached hydrogens (tertiary/aromatic N) is 3. The summed E-state index contributed by atoms with van der Waals surface area (Å²) in [5.74, 6) is 0.503. The number of likely N-dealkylation sites (tertiary alicyclic amines) is 1. The molecule has 0 bridgehead atoms. The van der Waals surface area contributed by atoms with Gasteiger partial charge in [0.25, 0.3) is 0 Å². The van der Waals surface area contributed by atoms with Crippen molar-refractivity contribution in [2.24, 2.45) is 10.4 Å². The van der Waals surface area contributed by atoms with Crippen LogP contribution in [0.15, 0.2) is 23.2 Å². The molecule has 0 radical (unpaired) electrons. The molecule has 1 saturated carbocycles. The van der Waals surface area contributed by atoms with Crippen molar-refractivity contribution in [3.8, 4) is 6.07 Å². The van der Waals surface area contributed by atoms with Gasteiger partial charge in [0.1, 0.15) is 5.82 Å². The first-order chi connectivity index (χ1) is 11.7. The van der Waals surface area contributed by atoms with Crippen LogP contribution in [0.4, 0.5) is 4.39 Å². The van der Waals surface area contributed by atoms with Crippen LogP contribution in [0.5, 0.6) is 0 Å². The highest BCUT2D eigenvalue weighted by Crippen LogP contribution is 2.43. The molecule has 3 rings (SSSR count). The quantitative estimate of drug-likeness (QED) is 0.415. The molecule has 1 aliphatic heterocycles. The molecule has 1 aromatic carbocycles. The lowest BCUT2D eigenvalue weighted by molar-refractivity contribution is 0.203. The zero-order valence-corrected chi connectivity index (χ0v) is 17.1. The molecule has 0 atom stereocenters. The third-order valence-electron chi connectivity index (χ3n) is 5.48. The summed E-state index contributed by atoms with van der Waals surface area (Å²) < 4.78 is 14.0. The van der Waals surface area contributed by atoms with E-state index < -0.39 is 0 Å². The molecule has 2 fully saturated rings. The number of hydrogen-bond donors (Lipinski definition) is 1. The fraction of sp³-hybridized carbons (Fsp3) is 0.579. The third-order valence-corrected chi connectivity index (χ3v) is 5.48. The Bertz CT molecular complexity index is 662. The van der Waals surface area contributed by atoms with E-state index >= 15 is 0 Å². The average Bonchev–Trinajstić information content (AvgIpc) is 3.00. The maximum absolute atomic E-state index is 14.0. The number of nitriles is 1. The molecule has 2 aliphatic rings. The summed E-state index contributed by atoms with van der Waals surface area (Å²) in [5.41, 5.74) is 1.37. The van der Waals surface area contributed by atoms with Crippen molar-refractivity contribution in [3.05, 3.63) is 35.1 Å². The van der Waals surface area contributed by atoms with Crippen LogP contribution in [0.25, 0.3) is 0 Å². The molecule has 0 aromatic heterocycles. The number of benzene rings is 1. The second-order valence-corrected chi connectivity index (χ2v) is 7.05. The van der Waals surface area contributed by atoms with Gasteiger partial charge in [-0.3, -0.25) is 4.99 Å². The summed E-state index contributed by atoms with van der Waals surface area (Å²) in [4.78, 5) is 6.70. The van der Waals surface area contributed by atoms with Crippen molar-refractivity contribution in [1.29, 1.82) is 5.26 Å². The first-order valence-corrected chi connectivity index (χ1v) is 8.80. The van der Waals surface area contributed by atoms with Crippen molar-refractivity contribution in [3.63, 3.8) is 0 Å². The Morgan fingerprint density at radius 3 is 2.72 bits per heavy atom. The van der Waals surface area contributed by atoms with Crippen molar-refractivity contribution in [1.82, 2.24) is 10.2 Å². The number of guanidine groups is 1. The van der Waals surface area contributed by atoms with Gasteiger partial charge in [0, 0.05) is 32.2 Å². The van der Waals surface area contributed by atoms with Gasteiger partial charge in [-0.05, 0) is 36.8 Å². The molecular weight excluding hydrogens is 430 g/mol. The van der Waals surface area contributed by atoms with Gasteiger partial charge >= 0.3 is 0 Å². The minimum atomic E-state index is -0.345. The molecular formula is C19H26FIN4. The molecule has 1 spiro atoms. The third kappa shape index (κ3) is 4.63. The Morgan fingerprint density at radius 2 is 2.08 bits per heavy atom. The summed E-state index contributed by atoms with van der Waals surface area (Å²) in [7, 11) is 1.78. The van der Waals surface area contributed by atoms with Crippen LogP contribution in [-0.2, 0) is 6.54 Å². The van der Waals surface area contributed by atoms with E-state index in [0.717, 1.165) is 19.0 Å². The molecule has 1 aromatic rings. The van der Waals surface area contributed by atoms with E-state index in [1.807, 2.05) is 6.07 Å². The van der Waals surface area contributed by atoms with Crippen LogP contribution < -0.4 is 5.32 Å². The normalized spacial score (nSPS) is 19.4. The lowest BCUT2D eigenvalue weighted by atomic mass is 9.73. The number of halogens is 2. The Balaban J connectivity index is 0.00000225.